The van der Waals surface area contributed by atoms with E-state index >= 15 is 0 Å². The van der Waals surface area contributed by atoms with E-state index in [1.54, 1.807) is 0 Å². The Morgan fingerprint density at radius 3 is 2.74 bits per heavy atom. The van der Waals surface area contributed by atoms with Crippen molar-refractivity contribution >= 4 is 0 Å². The van der Waals surface area contributed by atoms with Crippen molar-refractivity contribution < 1.29 is 5.11 Å². The number of nitrogens with one attached hydrogen (secondary N) is 2. The Balaban J connectivity index is 1.84. The number of aliphatic hydroxyl groups excluding tert-OH is 1. The van der Waals surface area contributed by atoms with Crippen LogP contribution in [-0.4, -0.2) is 30.3 Å². The van der Waals surface area contributed by atoms with Crippen LogP contribution in [0.2, 0.25) is 0 Å². The van der Waals surface area contributed by atoms with Gasteiger partial charge < -0.3 is 15.7 Å². The number of rotatable bonds is 6. The van der Waals surface area contributed by atoms with Crippen LogP contribution in [0, 0.1) is 0 Å². The van der Waals surface area contributed by atoms with Gasteiger partial charge in [-0.15, -0.1) is 0 Å². The van der Waals surface area contributed by atoms with Crippen LogP contribution in [0.25, 0.3) is 0 Å². The second kappa shape index (κ2) is 7.63. The summed E-state index contributed by atoms with van der Waals surface area (Å²) in [6, 6.07) is 11.3. The molecule has 106 valence electrons. The predicted octanol–water partition coefficient (Wildman–Crippen LogP) is 2.23. The van der Waals surface area contributed by atoms with Crippen LogP contribution in [0.1, 0.15) is 44.2 Å². The zero-order chi connectivity index (χ0) is 13.5. The number of hydrogen-bond donors (Lipinski definition) is 3. The summed E-state index contributed by atoms with van der Waals surface area (Å²) in [6.07, 6.45) is 5.05. The van der Waals surface area contributed by atoms with Gasteiger partial charge >= 0.3 is 0 Å². The van der Waals surface area contributed by atoms with Crippen molar-refractivity contribution in [1.29, 1.82) is 0 Å². The van der Waals surface area contributed by atoms with Crippen LogP contribution < -0.4 is 10.6 Å². The van der Waals surface area contributed by atoms with Crippen LogP contribution in [0.15, 0.2) is 30.3 Å². The summed E-state index contributed by atoms with van der Waals surface area (Å²) in [5.41, 5.74) is 1.16. The standard InChI is InChI=1S/C16H26N2O/c1-13(11-15-9-5-6-10-17-15)18-16(12-19)14-7-3-2-4-8-14/h2-4,7-8,13,15-19H,5-6,9-12H2,1H3/t13?,15?,16-/m0/s1. The molecule has 1 heterocycles. The van der Waals surface area contributed by atoms with Crippen LogP contribution in [0.5, 0.6) is 0 Å². The Labute approximate surface area is 116 Å². The molecule has 1 aromatic rings. The Hall–Kier alpha value is -0.900. The Morgan fingerprint density at radius 1 is 1.32 bits per heavy atom. The van der Waals surface area contributed by atoms with Crippen LogP contribution in [0.4, 0.5) is 0 Å². The van der Waals surface area contributed by atoms with E-state index in [4.69, 9.17) is 0 Å². The lowest BCUT2D eigenvalue weighted by atomic mass is 9.98. The van der Waals surface area contributed by atoms with E-state index in [9.17, 15) is 5.11 Å². The molecule has 0 aromatic heterocycles. The van der Waals surface area contributed by atoms with Crippen molar-refractivity contribution in [2.45, 2.75) is 50.7 Å². The molecule has 3 atom stereocenters. The van der Waals surface area contributed by atoms with E-state index in [1.807, 2.05) is 18.2 Å². The highest BCUT2D eigenvalue weighted by molar-refractivity contribution is 5.19. The number of benzene rings is 1. The van der Waals surface area contributed by atoms with Crippen LogP contribution in [0.3, 0.4) is 0 Å². The Kier molecular flexibility index (Phi) is 5.83. The molecule has 0 aliphatic carbocycles. The minimum absolute atomic E-state index is 0.0415. The maximum Gasteiger partial charge on any atom is 0.0626 e. The molecule has 2 rings (SSSR count). The molecule has 0 radical (unpaired) electrons. The van der Waals surface area contributed by atoms with E-state index in [0.29, 0.717) is 12.1 Å². The SMILES string of the molecule is CC(CC1CCCCN1)N[C@@H](CO)c1ccccc1. The molecule has 2 unspecified atom stereocenters. The minimum atomic E-state index is 0.0415. The monoisotopic (exact) mass is 262 g/mol. The zero-order valence-corrected chi connectivity index (χ0v) is 11.8. The molecule has 0 saturated carbocycles. The first-order valence-electron chi connectivity index (χ1n) is 7.45. The molecule has 3 heteroatoms. The molecular formula is C16H26N2O. The van der Waals surface area contributed by atoms with Crippen LogP contribution >= 0.6 is 0 Å². The fraction of sp³-hybridized carbons (Fsp3) is 0.625. The molecule has 19 heavy (non-hydrogen) atoms. The van der Waals surface area contributed by atoms with Gasteiger partial charge in [-0.25, -0.2) is 0 Å². The first kappa shape index (κ1) is 14.5. The molecule has 3 N–H and O–H groups in total. The van der Waals surface area contributed by atoms with Gasteiger partial charge in [0, 0.05) is 12.1 Å². The molecule has 1 aliphatic rings. The normalized spacial score (nSPS) is 22.9. The van der Waals surface area contributed by atoms with Gasteiger partial charge in [0.05, 0.1) is 12.6 Å². The van der Waals surface area contributed by atoms with Gasteiger partial charge in [0.2, 0.25) is 0 Å². The number of aliphatic hydroxyl groups is 1. The lowest BCUT2D eigenvalue weighted by Gasteiger charge is -2.29. The molecule has 1 aromatic carbocycles. The van der Waals surface area contributed by atoms with Crippen molar-refractivity contribution in [2.75, 3.05) is 13.2 Å². The highest BCUT2D eigenvalue weighted by atomic mass is 16.3. The predicted molar refractivity (Wildman–Crippen MR) is 79.1 cm³/mol. The van der Waals surface area contributed by atoms with Crippen molar-refractivity contribution in [3.8, 4) is 0 Å². The molecule has 0 spiro atoms. The lowest BCUT2D eigenvalue weighted by Crippen LogP contribution is -2.41. The van der Waals surface area contributed by atoms with Gasteiger partial charge in [0.15, 0.2) is 0 Å². The summed E-state index contributed by atoms with van der Waals surface area (Å²) < 4.78 is 0. The minimum Gasteiger partial charge on any atom is -0.394 e. The number of piperidine rings is 1. The topological polar surface area (TPSA) is 44.3 Å². The van der Waals surface area contributed by atoms with E-state index in [-0.39, 0.29) is 12.6 Å². The first-order chi connectivity index (χ1) is 9.29. The summed E-state index contributed by atoms with van der Waals surface area (Å²) in [5.74, 6) is 0. The summed E-state index contributed by atoms with van der Waals surface area (Å²) >= 11 is 0. The van der Waals surface area contributed by atoms with Gasteiger partial charge in [-0.1, -0.05) is 36.8 Å². The highest BCUT2D eigenvalue weighted by Gasteiger charge is 2.18. The molecule has 1 fully saturated rings. The van der Waals surface area contributed by atoms with E-state index in [1.165, 1.54) is 19.3 Å². The third-order valence-electron chi connectivity index (χ3n) is 3.92. The molecule has 1 saturated heterocycles. The Morgan fingerprint density at radius 2 is 2.11 bits per heavy atom. The maximum atomic E-state index is 9.56. The molecular weight excluding hydrogens is 236 g/mol. The van der Waals surface area contributed by atoms with Crippen molar-refractivity contribution in [1.82, 2.24) is 10.6 Å². The average molecular weight is 262 g/mol. The van der Waals surface area contributed by atoms with Gasteiger partial charge in [-0.3, -0.25) is 0 Å². The summed E-state index contributed by atoms with van der Waals surface area (Å²) in [5, 5.41) is 16.7. The molecule has 0 bridgehead atoms. The van der Waals surface area contributed by atoms with E-state index in [0.717, 1.165) is 18.5 Å². The van der Waals surface area contributed by atoms with E-state index in [2.05, 4.69) is 29.7 Å². The van der Waals surface area contributed by atoms with Crippen molar-refractivity contribution in [3.63, 3.8) is 0 Å². The second-order valence-electron chi connectivity index (χ2n) is 5.60. The molecule has 1 aliphatic heterocycles. The fourth-order valence-corrected chi connectivity index (χ4v) is 2.90. The Bertz CT molecular complexity index is 349. The molecule has 3 nitrogen and oxygen atoms in total. The average Bonchev–Trinajstić information content (AvgIpc) is 2.47. The van der Waals surface area contributed by atoms with Crippen molar-refractivity contribution in [2.24, 2.45) is 0 Å². The van der Waals surface area contributed by atoms with Gasteiger partial charge in [0.25, 0.3) is 0 Å². The smallest absolute Gasteiger partial charge is 0.0626 e. The van der Waals surface area contributed by atoms with Crippen LogP contribution in [-0.2, 0) is 0 Å². The third-order valence-corrected chi connectivity index (χ3v) is 3.92. The van der Waals surface area contributed by atoms with Gasteiger partial charge in [0.1, 0.15) is 0 Å². The van der Waals surface area contributed by atoms with Gasteiger partial charge in [-0.2, -0.15) is 0 Å². The largest absolute Gasteiger partial charge is 0.394 e. The summed E-state index contributed by atoms with van der Waals surface area (Å²) in [4.78, 5) is 0. The number of hydrogen-bond acceptors (Lipinski definition) is 3. The third kappa shape index (κ3) is 4.60. The lowest BCUT2D eigenvalue weighted by molar-refractivity contribution is 0.226. The van der Waals surface area contributed by atoms with Gasteiger partial charge in [-0.05, 0) is 38.3 Å². The fourth-order valence-electron chi connectivity index (χ4n) is 2.90. The maximum absolute atomic E-state index is 9.56. The second-order valence-corrected chi connectivity index (χ2v) is 5.60. The summed E-state index contributed by atoms with van der Waals surface area (Å²) in [7, 11) is 0. The van der Waals surface area contributed by atoms with E-state index < -0.39 is 0 Å². The first-order valence-corrected chi connectivity index (χ1v) is 7.45. The molecule has 0 amide bonds. The van der Waals surface area contributed by atoms with Crippen molar-refractivity contribution in [3.05, 3.63) is 35.9 Å². The summed E-state index contributed by atoms with van der Waals surface area (Å²) in [6.45, 7) is 3.51. The quantitative estimate of drug-likeness (QED) is 0.736. The zero-order valence-electron chi connectivity index (χ0n) is 11.8. The highest BCUT2D eigenvalue weighted by Crippen LogP contribution is 2.16.